The Kier molecular flexibility index (Phi) is 7.01. The highest BCUT2D eigenvalue weighted by Crippen LogP contribution is 2.22. The molecule has 3 aromatic carbocycles. The molecule has 0 aliphatic carbocycles. The highest BCUT2D eigenvalue weighted by molar-refractivity contribution is 7.89. The van der Waals surface area contributed by atoms with Crippen molar-refractivity contribution in [3.05, 3.63) is 95.6 Å². The maximum absolute atomic E-state index is 12.9. The molecule has 1 saturated heterocycles. The Labute approximate surface area is 193 Å². The van der Waals surface area contributed by atoms with E-state index in [-0.39, 0.29) is 16.2 Å². The average molecular weight is 464 g/mol. The Morgan fingerprint density at radius 2 is 1.21 bits per heavy atom. The van der Waals surface area contributed by atoms with Gasteiger partial charge in [-0.15, -0.1) is 0 Å². The molecule has 1 fully saturated rings. The lowest BCUT2D eigenvalue weighted by molar-refractivity contribution is 0.0734. The van der Waals surface area contributed by atoms with E-state index in [4.69, 9.17) is 4.74 Å². The smallest absolute Gasteiger partial charge is 0.343 e. The normalized spacial score (nSPS) is 14.9. The molecule has 170 valence electrons. The van der Waals surface area contributed by atoms with Crippen molar-refractivity contribution in [2.45, 2.75) is 30.6 Å². The molecule has 33 heavy (non-hydrogen) atoms. The zero-order valence-electron chi connectivity index (χ0n) is 18.1. The standard InChI is InChI=1S/C26H25NO5S/c28-25(20-8-4-3-5-9-20)21-10-14-23(15-11-21)32-26(29)22-12-16-24(17-13-22)33(30,31)27-18-6-1-2-7-19-27/h3-5,8-17H,1-2,6-7,18-19H2. The molecule has 4 rings (SSSR count). The SMILES string of the molecule is O=C(Oc1ccc(C(=O)c2ccccc2)cc1)c1ccc(S(=O)(=O)N2CCCCCC2)cc1. The van der Waals surface area contributed by atoms with Crippen LogP contribution in [0.5, 0.6) is 5.75 Å². The number of carbonyl (C=O) groups is 2. The van der Waals surface area contributed by atoms with E-state index in [1.54, 1.807) is 48.5 Å². The number of esters is 1. The van der Waals surface area contributed by atoms with Crippen molar-refractivity contribution < 1.29 is 22.7 Å². The second kappa shape index (κ2) is 10.1. The quantitative estimate of drug-likeness (QED) is 0.301. The lowest BCUT2D eigenvalue weighted by Gasteiger charge is -2.20. The fraction of sp³-hybridized carbons (Fsp3) is 0.231. The summed E-state index contributed by atoms with van der Waals surface area (Å²) in [6, 6.07) is 21.1. The van der Waals surface area contributed by atoms with Crippen LogP contribution in [0.25, 0.3) is 0 Å². The van der Waals surface area contributed by atoms with Crippen LogP contribution in [0.15, 0.2) is 83.8 Å². The molecule has 7 heteroatoms. The van der Waals surface area contributed by atoms with E-state index in [0.29, 0.717) is 30.0 Å². The van der Waals surface area contributed by atoms with Crippen LogP contribution in [0, 0.1) is 0 Å². The van der Waals surface area contributed by atoms with Crippen LogP contribution in [0.4, 0.5) is 0 Å². The topological polar surface area (TPSA) is 80.8 Å². The van der Waals surface area contributed by atoms with Gasteiger partial charge < -0.3 is 4.74 Å². The summed E-state index contributed by atoms with van der Waals surface area (Å²) in [5.74, 6) is -0.420. The first kappa shape index (κ1) is 22.9. The molecular formula is C26H25NO5S. The minimum absolute atomic E-state index is 0.116. The number of rotatable bonds is 6. The van der Waals surface area contributed by atoms with E-state index < -0.39 is 16.0 Å². The van der Waals surface area contributed by atoms with Crippen LogP contribution < -0.4 is 4.74 Å². The predicted octanol–water partition coefficient (Wildman–Crippen LogP) is 4.70. The number of hydrogen-bond donors (Lipinski definition) is 0. The van der Waals surface area contributed by atoms with E-state index in [1.165, 1.54) is 28.6 Å². The van der Waals surface area contributed by atoms with Gasteiger partial charge in [0.05, 0.1) is 10.5 Å². The Hall–Kier alpha value is -3.29. The van der Waals surface area contributed by atoms with Crippen molar-refractivity contribution in [2.75, 3.05) is 13.1 Å². The number of ether oxygens (including phenoxy) is 1. The molecule has 3 aromatic rings. The average Bonchev–Trinajstić information content (AvgIpc) is 3.15. The molecule has 0 atom stereocenters. The molecule has 0 saturated carbocycles. The number of sulfonamides is 1. The van der Waals surface area contributed by atoms with Gasteiger partial charge in [-0.1, -0.05) is 43.2 Å². The van der Waals surface area contributed by atoms with Gasteiger partial charge in [0, 0.05) is 24.2 Å². The Balaban J connectivity index is 1.42. The van der Waals surface area contributed by atoms with Crippen molar-refractivity contribution in [1.29, 1.82) is 0 Å². The molecule has 0 amide bonds. The molecular weight excluding hydrogens is 438 g/mol. The van der Waals surface area contributed by atoms with Crippen molar-refractivity contribution >= 4 is 21.8 Å². The van der Waals surface area contributed by atoms with E-state index in [1.807, 2.05) is 6.07 Å². The molecule has 0 aromatic heterocycles. The van der Waals surface area contributed by atoms with E-state index in [2.05, 4.69) is 0 Å². The van der Waals surface area contributed by atoms with Gasteiger partial charge in [-0.3, -0.25) is 4.79 Å². The van der Waals surface area contributed by atoms with Gasteiger partial charge >= 0.3 is 5.97 Å². The van der Waals surface area contributed by atoms with E-state index >= 15 is 0 Å². The van der Waals surface area contributed by atoms with Gasteiger partial charge in [0.25, 0.3) is 0 Å². The van der Waals surface area contributed by atoms with Crippen LogP contribution in [-0.2, 0) is 10.0 Å². The summed E-state index contributed by atoms with van der Waals surface area (Å²) >= 11 is 0. The van der Waals surface area contributed by atoms with Crippen LogP contribution in [0.2, 0.25) is 0 Å². The highest BCUT2D eigenvalue weighted by Gasteiger charge is 2.25. The fourth-order valence-corrected chi connectivity index (χ4v) is 5.31. The second-order valence-electron chi connectivity index (χ2n) is 7.95. The van der Waals surface area contributed by atoms with Gasteiger partial charge in [0.2, 0.25) is 10.0 Å². The summed E-state index contributed by atoms with van der Waals surface area (Å²) in [6.45, 7) is 1.05. The predicted molar refractivity (Wildman–Crippen MR) is 125 cm³/mol. The Morgan fingerprint density at radius 1 is 0.667 bits per heavy atom. The van der Waals surface area contributed by atoms with Gasteiger partial charge in [0.15, 0.2) is 5.78 Å². The zero-order valence-corrected chi connectivity index (χ0v) is 19.0. The maximum atomic E-state index is 12.9. The molecule has 1 heterocycles. The molecule has 1 aliphatic heterocycles. The van der Waals surface area contributed by atoms with Crippen molar-refractivity contribution in [3.8, 4) is 5.75 Å². The molecule has 0 spiro atoms. The number of ketones is 1. The lowest BCUT2D eigenvalue weighted by atomic mass is 10.0. The van der Waals surface area contributed by atoms with Gasteiger partial charge in [-0.25, -0.2) is 13.2 Å². The third-order valence-electron chi connectivity index (χ3n) is 5.66. The number of hydrogen-bond acceptors (Lipinski definition) is 5. The van der Waals surface area contributed by atoms with Gasteiger partial charge in [0.1, 0.15) is 5.75 Å². The molecule has 0 unspecified atom stereocenters. The third kappa shape index (κ3) is 5.38. The molecule has 0 radical (unpaired) electrons. The minimum atomic E-state index is -3.57. The summed E-state index contributed by atoms with van der Waals surface area (Å²) in [7, 11) is -3.57. The number of carbonyl (C=O) groups excluding carboxylic acids is 2. The maximum Gasteiger partial charge on any atom is 0.343 e. The molecule has 0 N–H and O–H groups in total. The minimum Gasteiger partial charge on any atom is -0.423 e. The third-order valence-corrected chi connectivity index (χ3v) is 7.57. The number of benzene rings is 3. The zero-order chi connectivity index (χ0) is 23.3. The van der Waals surface area contributed by atoms with Crippen molar-refractivity contribution in [3.63, 3.8) is 0 Å². The van der Waals surface area contributed by atoms with Gasteiger partial charge in [-0.05, 0) is 61.4 Å². The van der Waals surface area contributed by atoms with Crippen LogP contribution >= 0.6 is 0 Å². The second-order valence-corrected chi connectivity index (χ2v) is 9.89. The first-order chi connectivity index (χ1) is 15.9. The summed E-state index contributed by atoms with van der Waals surface area (Å²) in [6.07, 6.45) is 3.80. The summed E-state index contributed by atoms with van der Waals surface area (Å²) in [4.78, 5) is 25.2. The van der Waals surface area contributed by atoms with E-state index in [0.717, 1.165) is 25.7 Å². The molecule has 6 nitrogen and oxygen atoms in total. The monoisotopic (exact) mass is 463 g/mol. The van der Waals surface area contributed by atoms with Gasteiger partial charge in [-0.2, -0.15) is 4.31 Å². The molecule has 0 bridgehead atoms. The van der Waals surface area contributed by atoms with Crippen LogP contribution in [-0.4, -0.2) is 37.6 Å². The highest BCUT2D eigenvalue weighted by atomic mass is 32.2. The number of nitrogens with zero attached hydrogens (tertiary/aromatic N) is 1. The largest absolute Gasteiger partial charge is 0.423 e. The van der Waals surface area contributed by atoms with E-state index in [9.17, 15) is 18.0 Å². The first-order valence-electron chi connectivity index (χ1n) is 11.0. The summed E-state index contributed by atoms with van der Waals surface area (Å²) in [5.41, 5.74) is 1.32. The fourth-order valence-electron chi connectivity index (χ4n) is 3.79. The van der Waals surface area contributed by atoms with Crippen LogP contribution in [0.3, 0.4) is 0 Å². The van der Waals surface area contributed by atoms with Crippen molar-refractivity contribution in [1.82, 2.24) is 4.31 Å². The Bertz CT molecular complexity index is 1210. The summed E-state index contributed by atoms with van der Waals surface area (Å²) < 4.78 is 32.7. The van der Waals surface area contributed by atoms with Crippen LogP contribution in [0.1, 0.15) is 52.0 Å². The first-order valence-corrected chi connectivity index (χ1v) is 12.4. The summed E-state index contributed by atoms with van der Waals surface area (Å²) in [5, 5.41) is 0. The van der Waals surface area contributed by atoms with Crippen molar-refractivity contribution in [2.24, 2.45) is 0 Å². The molecule has 1 aliphatic rings. The Morgan fingerprint density at radius 3 is 1.82 bits per heavy atom. The lowest BCUT2D eigenvalue weighted by Crippen LogP contribution is -2.31.